The highest BCUT2D eigenvalue weighted by Crippen LogP contribution is 2.36. The van der Waals surface area contributed by atoms with Gasteiger partial charge in [0.1, 0.15) is 0 Å². The molecule has 2 aromatic rings. The van der Waals surface area contributed by atoms with Crippen LogP contribution >= 0.6 is 11.6 Å². The smallest absolute Gasteiger partial charge is 0.433 e. The van der Waals surface area contributed by atoms with E-state index in [0.29, 0.717) is 0 Å². The van der Waals surface area contributed by atoms with E-state index in [1.165, 1.54) is 30.5 Å². The second-order valence-corrected chi connectivity index (χ2v) is 4.08. The zero-order valence-electron chi connectivity index (χ0n) is 9.82. The number of hydrogen-bond acceptors (Lipinski definition) is 4. The van der Waals surface area contributed by atoms with Crippen LogP contribution in [0.4, 0.5) is 18.9 Å². The van der Waals surface area contributed by atoms with Crippen LogP contribution in [0.1, 0.15) is 0 Å². The summed E-state index contributed by atoms with van der Waals surface area (Å²) in [6, 6.07) is 6.67. The number of rotatable bonds is 3. The molecule has 4 nitrogen and oxygen atoms in total. The van der Waals surface area contributed by atoms with Crippen molar-refractivity contribution in [2.75, 3.05) is 5.73 Å². The second-order valence-electron chi connectivity index (χ2n) is 3.64. The molecule has 8 heteroatoms. The summed E-state index contributed by atoms with van der Waals surface area (Å²) in [4.78, 5) is 3.79. The van der Waals surface area contributed by atoms with E-state index >= 15 is 0 Å². The molecule has 0 spiro atoms. The lowest BCUT2D eigenvalue weighted by Gasteiger charge is -2.13. The lowest BCUT2D eigenvalue weighted by atomic mass is 10.3. The van der Waals surface area contributed by atoms with Crippen LogP contribution in [-0.4, -0.2) is 11.3 Å². The summed E-state index contributed by atoms with van der Waals surface area (Å²) in [7, 11) is 0. The Labute approximate surface area is 116 Å². The van der Waals surface area contributed by atoms with E-state index < -0.39 is 12.1 Å². The summed E-state index contributed by atoms with van der Waals surface area (Å²) in [6.07, 6.45) is -3.56. The zero-order chi connectivity index (χ0) is 14.8. The van der Waals surface area contributed by atoms with Crippen molar-refractivity contribution in [3.8, 4) is 17.4 Å². The Hall–Kier alpha value is -2.15. The Morgan fingerprint density at radius 3 is 2.40 bits per heavy atom. The normalized spacial score (nSPS) is 11.2. The predicted octanol–water partition coefficient (Wildman–Crippen LogP) is 4.01. The van der Waals surface area contributed by atoms with E-state index in [1.54, 1.807) is 0 Å². The Morgan fingerprint density at radius 2 is 1.80 bits per heavy atom. The molecule has 1 aromatic carbocycles. The van der Waals surface area contributed by atoms with Crippen LogP contribution in [0.3, 0.4) is 0 Å². The lowest BCUT2D eigenvalue weighted by Crippen LogP contribution is -2.17. The molecule has 106 valence electrons. The van der Waals surface area contributed by atoms with Crippen LogP contribution in [0, 0.1) is 0 Å². The summed E-state index contributed by atoms with van der Waals surface area (Å²) in [5.74, 6) is -0.713. The lowest BCUT2D eigenvalue weighted by molar-refractivity contribution is -0.275. The largest absolute Gasteiger partial charge is 0.573 e. The first-order valence-corrected chi connectivity index (χ1v) is 5.66. The van der Waals surface area contributed by atoms with Crippen molar-refractivity contribution in [3.05, 3.63) is 41.6 Å². The van der Waals surface area contributed by atoms with Crippen LogP contribution in [0.15, 0.2) is 36.5 Å². The number of anilines is 1. The van der Waals surface area contributed by atoms with Gasteiger partial charge < -0.3 is 15.2 Å². The Bertz CT molecular complexity index is 620. The highest BCUT2D eigenvalue weighted by atomic mass is 35.5. The minimum absolute atomic E-state index is 0.0624. The minimum atomic E-state index is -4.82. The summed E-state index contributed by atoms with van der Waals surface area (Å²) in [5.41, 5.74) is 5.71. The van der Waals surface area contributed by atoms with Gasteiger partial charge in [-0.05, 0) is 18.2 Å². The number of alkyl halides is 3. The monoisotopic (exact) mass is 304 g/mol. The van der Waals surface area contributed by atoms with E-state index in [9.17, 15) is 13.2 Å². The first-order valence-electron chi connectivity index (χ1n) is 5.29. The standard InChI is InChI=1S/C12H8ClF3N2O2/c13-7-5-8(17)11(18-6-7)19-9-3-1-2-4-10(9)20-12(14,15)16/h1-6H,17H2. The summed E-state index contributed by atoms with van der Waals surface area (Å²) >= 11 is 5.67. The highest BCUT2D eigenvalue weighted by Gasteiger charge is 2.32. The number of nitrogens with zero attached hydrogens (tertiary/aromatic N) is 1. The van der Waals surface area contributed by atoms with E-state index in [-0.39, 0.29) is 22.3 Å². The molecule has 0 saturated carbocycles. The molecular weight excluding hydrogens is 297 g/mol. The SMILES string of the molecule is Nc1cc(Cl)cnc1Oc1ccccc1OC(F)(F)F. The van der Waals surface area contributed by atoms with Gasteiger partial charge in [-0.2, -0.15) is 0 Å². The van der Waals surface area contributed by atoms with E-state index in [4.69, 9.17) is 22.1 Å². The Morgan fingerprint density at radius 1 is 1.15 bits per heavy atom. The van der Waals surface area contributed by atoms with Crippen molar-refractivity contribution in [1.29, 1.82) is 0 Å². The van der Waals surface area contributed by atoms with Gasteiger partial charge in [-0.25, -0.2) is 4.98 Å². The average molecular weight is 305 g/mol. The molecule has 0 fully saturated rings. The Kier molecular flexibility index (Phi) is 3.89. The van der Waals surface area contributed by atoms with Crippen LogP contribution in [-0.2, 0) is 0 Å². The van der Waals surface area contributed by atoms with Gasteiger partial charge in [0.2, 0.25) is 5.88 Å². The van der Waals surface area contributed by atoms with Gasteiger partial charge in [0.05, 0.1) is 10.7 Å². The third-order valence-electron chi connectivity index (χ3n) is 2.13. The molecule has 0 radical (unpaired) electrons. The second kappa shape index (κ2) is 5.46. The van der Waals surface area contributed by atoms with Gasteiger partial charge in [0.15, 0.2) is 11.5 Å². The molecule has 0 aliphatic carbocycles. The van der Waals surface area contributed by atoms with Gasteiger partial charge in [-0.3, -0.25) is 0 Å². The topological polar surface area (TPSA) is 57.4 Å². The molecule has 0 unspecified atom stereocenters. The molecule has 1 aromatic heterocycles. The van der Waals surface area contributed by atoms with Crippen LogP contribution in [0.25, 0.3) is 0 Å². The molecule has 0 bridgehead atoms. The fraction of sp³-hybridized carbons (Fsp3) is 0.0833. The maximum absolute atomic E-state index is 12.3. The fourth-order valence-electron chi connectivity index (χ4n) is 1.38. The average Bonchev–Trinajstić information content (AvgIpc) is 2.33. The van der Waals surface area contributed by atoms with Crippen molar-refractivity contribution in [2.24, 2.45) is 0 Å². The maximum atomic E-state index is 12.3. The molecule has 0 atom stereocenters. The van der Waals surface area contributed by atoms with Crippen LogP contribution in [0.2, 0.25) is 5.02 Å². The highest BCUT2D eigenvalue weighted by molar-refractivity contribution is 6.30. The zero-order valence-corrected chi connectivity index (χ0v) is 10.6. The summed E-state index contributed by atoms with van der Waals surface area (Å²) < 4.78 is 45.8. The van der Waals surface area contributed by atoms with Gasteiger partial charge in [-0.1, -0.05) is 23.7 Å². The van der Waals surface area contributed by atoms with Crippen molar-refractivity contribution in [3.63, 3.8) is 0 Å². The number of aromatic nitrogens is 1. The van der Waals surface area contributed by atoms with E-state index in [2.05, 4.69) is 9.72 Å². The number of nitrogens with two attached hydrogens (primary N) is 1. The molecule has 2 rings (SSSR count). The molecule has 2 N–H and O–H groups in total. The van der Waals surface area contributed by atoms with Gasteiger partial charge >= 0.3 is 6.36 Å². The fourth-order valence-corrected chi connectivity index (χ4v) is 1.54. The summed E-state index contributed by atoms with van der Waals surface area (Å²) in [6.45, 7) is 0. The molecule has 1 heterocycles. The molecular formula is C12H8ClF3N2O2. The summed E-state index contributed by atoms with van der Waals surface area (Å²) in [5, 5.41) is 0.287. The molecule has 0 aliphatic rings. The Balaban J connectivity index is 2.29. The molecule has 0 amide bonds. The van der Waals surface area contributed by atoms with Crippen molar-refractivity contribution < 1.29 is 22.6 Å². The van der Waals surface area contributed by atoms with E-state index in [0.717, 1.165) is 6.07 Å². The van der Waals surface area contributed by atoms with Gasteiger partial charge in [-0.15, -0.1) is 13.2 Å². The third kappa shape index (κ3) is 3.67. The van der Waals surface area contributed by atoms with Crippen molar-refractivity contribution >= 4 is 17.3 Å². The number of benzene rings is 1. The quantitative estimate of drug-likeness (QED) is 0.931. The number of pyridine rings is 1. The van der Waals surface area contributed by atoms with Crippen molar-refractivity contribution in [1.82, 2.24) is 4.98 Å². The third-order valence-corrected chi connectivity index (χ3v) is 2.33. The molecule has 0 saturated heterocycles. The van der Waals surface area contributed by atoms with Gasteiger partial charge in [0.25, 0.3) is 0 Å². The maximum Gasteiger partial charge on any atom is 0.573 e. The first-order chi connectivity index (χ1) is 9.35. The molecule has 0 aliphatic heterocycles. The number of ether oxygens (including phenoxy) is 2. The van der Waals surface area contributed by atoms with Crippen LogP contribution in [0.5, 0.6) is 17.4 Å². The number of nitrogen functional groups attached to an aromatic ring is 1. The minimum Gasteiger partial charge on any atom is -0.433 e. The van der Waals surface area contributed by atoms with Crippen molar-refractivity contribution in [2.45, 2.75) is 6.36 Å². The van der Waals surface area contributed by atoms with Crippen LogP contribution < -0.4 is 15.2 Å². The predicted molar refractivity (Wildman–Crippen MR) is 66.9 cm³/mol. The first kappa shape index (κ1) is 14.3. The number of para-hydroxylation sites is 2. The van der Waals surface area contributed by atoms with Gasteiger partial charge in [0, 0.05) is 6.20 Å². The molecule has 20 heavy (non-hydrogen) atoms. The number of halogens is 4. The van der Waals surface area contributed by atoms with E-state index in [1.807, 2.05) is 0 Å². The number of hydrogen-bond donors (Lipinski definition) is 1.